The number of benzene rings is 1. The number of halogens is 2. The van der Waals surface area contributed by atoms with Crippen LogP contribution in [0.4, 0.5) is 10.1 Å². The maximum atomic E-state index is 13.9. The number of likely N-dealkylation sites (tertiary alicyclic amines) is 1. The van der Waals surface area contributed by atoms with Gasteiger partial charge in [-0.2, -0.15) is 0 Å². The number of rotatable bonds is 6. The Balaban J connectivity index is 0.00000242. The molecule has 1 heterocycles. The molecule has 1 N–H and O–H groups in total. The zero-order chi connectivity index (χ0) is 15.2. The zero-order valence-electron chi connectivity index (χ0n) is 12.8. The van der Waals surface area contributed by atoms with Crippen LogP contribution in [0, 0.1) is 21.8 Å². The quantitative estimate of drug-likeness (QED) is 0.643. The number of nitro benzene ring substituents is 1. The Hall–Kier alpha value is -1.24. The lowest BCUT2D eigenvalue weighted by atomic mass is 9.93. The van der Waals surface area contributed by atoms with Crippen molar-refractivity contribution in [2.75, 3.05) is 26.7 Å². The Labute approximate surface area is 136 Å². The van der Waals surface area contributed by atoms with Crippen LogP contribution in [-0.2, 0) is 6.54 Å². The topological polar surface area (TPSA) is 58.4 Å². The molecule has 1 aliphatic rings. The summed E-state index contributed by atoms with van der Waals surface area (Å²) in [7, 11) is 1.95. The second kappa shape index (κ2) is 9.02. The Morgan fingerprint density at radius 3 is 2.68 bits per heavy atom. The van der Waals surface area contributed by atoms with Gasteiger partial charge >= 0.3 is 0 Å². The highest BCUT2D eigenvalue weighted by atomic mass is 35.5. The van der Waals surface area contributed by atoms with Gasteiger partial charge in [-0.15, -0.1) is 12.4 Å². The van der Waals surface area contributed by atoms with E-state index >= 15 is 0 Å². The lowest BCUT2D eigenvalue weighted by molar-refractivity contribution is -0.386. The van der Waals surface area contributed by atoms with Gasteiger partial charge in [-0.3, -0.25) is 15.0 Å². The molecule has 1 fully saturated rings. The monoisotopic (exact) mass is 331 g/mol. The van der Waals surface area contributed by atoms with Crippen LogP contribution < -0.4 is 5.32 Å². The fourth-order valence-electron chi connectivity index (χ4n) is 2.88. The molecule has 0 atom stereocenters. The zero-order valence-corrected chi connectivity index (χ0v) is 13.6. The summed E-state index contributed by atoms with van der Waals surface area (Å²) in [4.78, 5) is 12.6. The van der Waals surface area contributed by atoms with Gasteiger partial charge in [-0.1, -0.05) is 6.07 Å². The van der Waals surface area contributed by atoms with Crippen molar-refractivity contribution in [3.05, 3.63) is 39.7 Å². The average molecular weight is 332 g/mol. The van der Waals surface area contributed by atoms with Crippen molar-refractivity contribution >= 4 is 18.1 Å². The van der Waals surface area contributed by atoms with Gasteiger partial charge in [-0.05, 0) is 57.9 Å². The van der Waals surface area contributed by atoms with Gasteiger partial charge in [0.25, 0.3) is 5.69 Å². The lowest BCUT2D eigenvalue weighted by Crippen LogP contribution is -2.34. The fourth-order valence-corrected chi connectivity index (χ4v) is 2.88. The van der Waals surface area contributed by atoms with Crippen molar-refractivity contribution in [3.63, 3.8) is 0 Å². The van der Waals surface area contributed by atoms with Crippen molar-refractivity contribution in [1.82, 2.24) is 10.2 Å². The Morgan fingerprint density at radius 2 is 2.09 bits per heavy atom. The highest BCUT2D eigenvalue weighted by Crippen LogP contribution is 2.26. The number of nitrogens with zero attached hydrogens (tertiary/aromatic N) is 2. The molecular formula is C15H23ClFN3O2. The summed E-state index contributed by atoms with van der Waals surface area (Å²) in [5.74, 6) is 0.214. The first-order valence-electron chi connectivity index (χ1n) is 7.40. The molecule has 0 aromatic heterocycles. The standard InChI is InChI=1S/C15H22FN3O2.ClH/c1-17-8-5-12-6-9-18(10-7-12)11-13-14(16)3-2-4-15(13)19(20)21;/h2-4,12,17H,5-11H2,1H3;1H. The van der Waals surface area contributed by atoms with E-state index in [-0.39, 0.29) is 23.7 Å². The fraction of sp³-hybridized carbons (Fsp3) is 0.600. The number of hydrogen-bond donors (Lipinski definition) is 1. The molecule has 0 aliphatic carbocycles. The maximum absolute atomic E-state index is 13.9. The average Bonchev–Trinajstić information content (AvgIpc) is 2.48. The normalized spacial score (nSPS) is 16.3. The van der Waals surface area contributed by atoms with Crippen LogP contribution in [-0.4, -0.2) is 36.5 Å². The van der Waals surface area contributed by atoms with E-state index in [2.05, 4.69) is 10.2 Å². The van der Waals surface area contributed by atoms with Crippen molar-refractivity contribution in [2.45, 2.75) is 25.8 Å². The number of nitrogens with one attached hydrogen (secondary N) is 1. The van der Waals surface area contributed by atoms with Gasteiger partial charge in [0.1, 0.15) is 5.82 Å². The van der Waals surface area contributed by atoms with Crippen LogP contribution in [0.3, 0.4) is 0 Å². The predicted molar refractivity (Wildman–Crippen MR) is 86.8 cm³/mol. The number of nitro groups is 1. The summed E-state index contributed by atoms with van der Waals surface area (Å²) in [5.41, 5.74) is 0.0866. The van der Waals surface area contributed by atoms with Gasteiger partial charge in [-0.25, -0.2) is 4.39 Å². The molecule has 1 aromatic rings. The first-order valence-corrected chi connectivity index (χ1v) is 7.40. The first kappa shape index (κ1) is 18.8. The Morgan fingerprint density at radius 1 is 1.41 bits per heavy atom. The van der Waals surface area contributed by atoms with Gasteiger partial charge in [0.05, 0.1) is 10.5 Å². The molecule has 2 rings (SSSR count). The van der Waals surface area contributed by atoms with E-state index in [1.807, 2.05) is 7.05 Å². The molecule has 0 saturated carbocycles. The van der Waals surface area contributed by atoms with E-state index in [0.29, 0.717) is 12.5 Å². The smallest absolute Gasteiger partial charge is 0.276 e. The van der Waals surface area contributed by atoms with Crippen molar-refractivity contribution < 1.29 is 9.31 Å². The minimum absolute atomic E-state index is 0. The minimum Gasteiger partial charge on any atom is -0.320 e. The van der Waals surface area contributed by atoms with Crippen LogP contribution in [0.1, 0.15) is 24.8 Å². The molecule has 1 aromatic carbocycles. The molecule has 0 spiro atoms. The SMILES string of the molecule is CNCCC1CCN(Cc2c(F)cccc2[N+](=O)[O-])CC1.Cl. The number of hydrogen-bond acceptors (Lipinski definition) is 4. The molecule has 0 unspecified atom stereocenters. The summed E-state index contributed by atoms with van der Waals surface area (Å²) in [5, 5.41) is 14.2. The third kappa shape index (κ3) is 4.90. The summed E-state index contributed by atoms with van der Waals surface area (Å²) < 4.78 is 13.9. The lowest BCUT2D eigenvalue weighted by Gasteiger charge is -2.31. The van der Waals surface area contributed by atoms with Crippen molar-refractivity contribution in [1.29, 1.82) is 0 Å². The van der Waals surface area contributed by atoms with E-state index < -0.39 is 10.7 Å². The molecule has 22 heavy (non-hydrogen) atoms. The summed E-state index contributed by atoms with van der Waals surface area (Å²) >= 11 is 0. The van der Waals surface area contributed by atoms with Crippen LogP contribution >= 0.6 is 12.4 Å². The molecule has 1 aliphatic heterocycles. The summed E-state index contributed by atoms with van der Waals surface area (Å²) in [6.07, 6.45) is 3.30. The van der Waals surface area contributed by atoms with Crippen LogP contribution in [0.5, 0.6) is 0 Å². The second-order valence-corrected chi connectivity index (χ2v) is 5.61. The molecule has 124 valence electrons. The molecule has 7 heteroatoms. The molecule has 0 bridgehead atoms. The molecule has 0 radical (unpaired) electrons. The van der Waals surface area contributed by atoms with Gasteiger partial charge < -0.3 is 5.32 Å². The van der Waals surface area contributed by atoms with Crippen LogP contribution in [0.2, 0.25) is 0 Å². The Bertz CT molecular complexity index is 494. The maximum Gasteiger partial charge on any atom is 0.276 e. The molecular weight excluding hydrogens is 309 g/mol. The van der Waals surface area contributed by atoms with Crippen LogP contribution in [0.25, 0.3) is 0 Å². The highest BCUT2D eigenvalue weighted by molar-refractivity contribution is 5.85. The largest absolute Gasteiger partial charge is 0.320 e. The highest BCUT2D eigenvalue weighted by Gasteiger charge is 2.23. The third-order valence-electron chi connectivity index (χ3n) is 4.18. The summed E-state index contributed by atoms with van der Waals surface area (Å²) in [6, 6.07) is 4.06. The van der Waals surface area contributed by atoms with Gasteiger partial charge in [0.2, 0.25) is 0 Å². The van der Waals surface area contributed by atoms with E-state index in [4.69, 9.17) is 0 Å². The molecule has 5 nitrogen and oxygen atoms in total. The van der Waals surface area contributed by atoms with Crippen LogP contribution in [0.15, 0.2) is 18.2 Å². The van der Waals surface area contributed by atoms with Crippen molar-refractivity contribution in [2.24, 2.45) is 5.92 Å². The minimum atomic E-state index is -0.502. The predicted octanol–water partition coefficient (Wildman–Crippen LogP) is 2.98. The Kier molecular flexibility index (Phi) is 7.72. The molecule has 1 saturated heterocycles. The van der Waals surface area contributed by atoms with E-state index in [1.54, 1.807) is 0 Å². The second-order valence-electron chi connectivity index (χ2n) is 5.61. The van der Waals surface area contributed by atoms with E-state index in [1.165, 1.54) is 18.2 Å². The number of piperidine rings is 1. The van der Waals surface area contributed by atoms with Crippen molar-refractivity contribution in [3.8, 4) is 0 Å². The van der Waals surface area contributed by atoms with E-state index in [0.717, 1.165) is 38.9 Å². The van der Waals surface area contributed by atoms with Gasteiger partial charge in [0.15, 0.2) is 0 Å². The molecule has 0 amide bonds. The first-order chi connectivity index (χ1) is 10.1. The van der Waals surface area contributed by atoms with E-state index in [9.17, 15) is 14.5 Å². The third-order valence-corrected chi connectivity index (χ3v) is 4.18. The summed E-state index contributed by atoms with van der Waals surface area (Å²) in [6.45, 7) is 3.09. The van der Waals surface area contributed by atoms with Gasteiger partial charge in [0, 0.05) is 12.6 Å².